The summed E-state index contributed by atoms with van der Waals surface area (Å²) in [6.45, 7) is 0. The van der Waals surface area contributed by atoms with E-state index in [2.05, 4.69) is 15.9 Å². The Morgan fingerprint density at radius 1 is 1.24 bits per heavy atom. The van der Waals surface area contributed by atoms with Crippen LogP contribution in [0.2, 0.25) is 0 Å². The van der Waals surface area contributed by atoms with Crippen molar-refractivity contribution in [2.45, 2.75) is 37.6 Å². The van der Waals surface area contributed by atoms with Crippen LogP contribution in [0.5, 0.6) is 11.5 Å². The molecule has 0 saturated heterocycles. The molecule has 0 aliphatic heterocycles. The maximum absolute atomic E-state index is 14.1. The fourth-order valence-electron chi connectivity index (χ4n) is 2.49. The van der Waals surface area contributed by atoms with Crippen molar-refractivity contribution >= 4 is 15.9 Å². The Morgan fingerprint density at radius 3 is 2.41 bits per heavy atom. The van der Waals surface area contributed by atoms with Crippen molar-refractivity contribution in [2.75, 3.05) is 0 Å². The summed E-state index contributed by atoms with van der Waals surface area (Å²) >= 11 is 3.02. The molecular weight excluding hydrogens is 289 g/mol. The highest BCUT2D eigenvalue weighted by molar-refractivity contribution is 9.10. The molecule has 1 saturated carbocycles. The second-order valence-electron chi connectivity index (χ2n) is 4.63. The summed E-state index contributed by atoms with van der Waals surface area (Å²) < 4.78 is 14.2. The van der Waals surface area contributed by atoms with Crippen molar-refractivity contribution in [1.82, 2.24) is 0 Å². The Labute approximate surface area is 108 Å². The smallest absolute Gasteiger partial charge is 0.165 e. The number of aromatic hydroxyl groups is 2. The molecule has 0 heterocycles. The molecule has 5 heteroatoms. The molecule has 17 heavy (non-hydrogen) atoms. The summed E-state index contributed by atoms with van der Waals surface area (Å²) in [6, 6.07) is 1.14. The van der Waals surface area contributed by atoms with Gasteiger partial charge in [-0.25, -0.2) is 4.39 Å². The third-order valence-electron chi connectivity index (χ3n) is 3.42. The van der Waals surface area contributed by atoms with Gasteiger partial charge in [-0.3, -0.25) is 0 Å². The maximum Gasteiger partial charge on any atom is 0.165 e. The normalized spacial score (nSPS) is 19.2. The SMILES string of the molecule is NC1(c2c(O)c(O)cc(Br)c2F)CCCCC1. The van der Waals surface area contributed by atoms with Crippen LogP contribution >= 0.6 is 15.9 Å². The highest BCUT2D eigenvalue weighted by Gasteiger charge is 2.36. The van der Waals surface area contributed by atoms with Gasteiger partial charge >= 0.3 is 0 Å². The maximum atomic E-state index is 14.1. The number of benzene rings is 1. The van der Waals surface area contributed by atoms with Crippen LogP contribution in [0.1, 0.15) is 37.7 Å². The third kappa shape index (κ3) is 2.13. The average molecular weight is 304 g/mol. The van der Waals surface area contributed by atoms with Crippen molar-refractivity contribution in [3.8, 4) is 11.5 Å². The van der Waals surface area contributed by atoms with Crippen LogP contribution in [0, 0.1) is 5.82 Å². The molecule has 1 aromatic rings. The van der Waals surface area contributed by atoms with E-state index >= 15 is 0 Å². The van der Waals surface area contributed by atoms with Gasteiger partial charge in [0.05, 0.1) is 10.0 Å². The van der Waals surface area contributed by atoms with Crippen LogP contribution in [0.3, 0.4) is 0 Å². The summed E-state index contributed by atoms with van der Waals surface area (Å²) in [5, 5.41) is 19.4. The Balaban J connectivity index is 2.57. The van der Waals surface area contributed by atoms with Gasteiger partial charge in [-0.15, -0.1) is 0 Å². The van der Waals surface area contributed by atoms with E-state index in [0.29, 0.717) is 12.8 Å². The summed E-state index contributed by atoms with van der Waals surface area (Å²) in [5.74, 6) is -1.36. The first-order valence-corrected chi connectivity index (χ1v) is 6.44. The van der Waals surface area contributed by atoms with Gasteiger partial charge in [0.1, 0.15) is 5.82 Å². The van der Waals surface area contributed by atoms with Crippen LogP contribution in [0.15, 0.2) is 10.5 Å². The van der Waals surface area contributed by atoms with E-state index in [1.165, 1.54) is 0 Å². The van der Waals surface area contributed by atoms with Crippen LogP contribution in [-0.4, -0.2) is 10.2 Å². The molecule has 0 radical (unpaired) electrons. The minimum Gasteiger partial charge on any atom is -0.504 e. The van der Waals surface area contributed by atoms with E-state index in [1.54, 1.807) is 0 Å². The molecule has 0 atom stereocenters. The molecule has 1 aliphatic rings. The molecule has 3 nitrogen and oxygen atoms in total. The number of halogens is 2. The molecule has 1 aliphatic carbocycles. The number of hydrogen-bond donors (Lipinski definition) is 3. The fourth-order valence-corrected chi connectivity index (χ4v) is 2.91. The zero-order chi connectivity index (χ0) is 12.6. The molecular formula is C12H15BrFNO2. The summed E-state index contributed by atoms with van der Waals surface area (Å²) in [5.41, 5.74) is 5.34. The molecule has 0 spiro atoms. The lowest BCUT2D eigenvalue weighted by Crippen LogP contribution is -2.39. The van der Waals surface area contributed by atoms with E-state index in [-0.39, 0.29) is 15.8 Å². The third-order valence-corrected chi connectivity index (χ3v) is 3.99. The van der Waals surface area contributed by atoms with E-state index in [1.807, 2.05) is 0 Å². The topological polar surface area (TPSA) is 66.5 Å². The van der Waals surface area contributed by atoms with Gasteiger partial charge in [0, 0.05) is 11.6 Å². The Bertz CT molecular complexity index is 418. The minimum absolute atomic E-state index is 0.0316. The van der Waals surface area contributed by atoms with Gasteiger partial charge in [-0.05, 0) is 28.8 Å². The van der Waals surface area contributed by atoms with E-state index in [9.17, 15) is 14.6 Å². The first kappa shape index (κ1) is 12.6. The fraction of sp³-hybridized carbons (Fsp3) is 0.500. The Hall–Kier alpha value is -0.810. The van der Waals surface area contributed by atoms with Crippen molar-refractivity contribution < 1.29 is 14.6 Å². The van der Waals surface area contributed by atoms with E-state index in [0.717, 1.165) is 25.3 Å². The van der Waals surface area contributed by atoms with Crippen LogP contribution in [0.25, 0.3) is 0 Å². The summed E-state index contributed by atoms with van der Waals surface area (Å²) in [6.07, 6.45) is 4.12. The van der Waals surface area contributed by atoms with Crippen LogP contribution in [-0.2, 0) is 5.54 Å². The van der Waals surface area contributed by atoms with Crippen LogP contribution in [0.4, 0.5) is 4.39 Å². The van der Waals surface area contributed by atoms with Crippen molar-refractivity contribution in [2.24, 2.45) is 5.73 Å². The van der Waals surface area contributed by atoms with Gasteiger partial charge < -0.3 is 15.9 Å². The number of nitrogens with two attached hydrogens (primary N) is 1. The molecule has 1 aromatic carbocycles. The molecule has 0 amide bonds. The predicted molar refractivity (Wildman–Crippen MR) is 66.4 cm³/mol. The lowest BCUT2D eigenvalue weighted by atomic mass is 9.77. The number of hydrogen-bond acceptors (Lipinski definition) is 3. The number of phenolic OH excluding ortho intramolecular Hbond substituents is 2. The monoisotopic (exact) mass is 303 g/mol. The molecule has 1 fully saturated rings. The molecule has 0 unspecified atom stereocenters. The second kappa shape index (κ2) is 4.46. The lowest BCUT2D eigenvalue weighted by molar-refractivity contribution is 0.277. The van der Waals surface area contributed by atoms with Gasteiger partial charge in [-0.1, -0.05) is 19.3 Å². The quantitative estimate of drug-likeness (QED) is 0.698. The molecule has 2 rings (SSSR count). The van der Waals surface area contributed by atoms with Crippen LogP contribution < -0.4 is 5.73 Å². The predicted octanol–water partition coefficient (Wildman–Crippen LogP) is 3.12. The van der Waals surface area contributed by atoms with E-state index in [4.69, 9.17) is 5.73 Å². The van der Waals surface area contributed by atoms with Gasteiger partial charge in [0.2, 0.25) is 0 Å². The first-order chi connectivity index (χ1) is 7.96. The number of rotatable bonds is 1. The first-order valence-electron chi connectivity index (χ1n) is 5.65. The average Bonchev–Trinajstić information content (AvgIpc) is 2.27. The highest BCUT2D eigenvalue weighted by atomic mass is 79.9. The zero-order valence-corrected chi connectivity index (χ0v) is 10.9. The van der Waals surface area contributed by atoms with Crippen molar-refractivity contribution in [1.29, 1.82) is 0 Å². The largest absolute Gasteiger partial charge is 0.504 e. The summed E-state index contributed by atoms with van der Waals surface area (Å²) in [7, 11) is 0. The van der Waals surface area contributed by atoms with Crippen molar-refractivity contribution in [3.63, 3.8) is 0 Å². The molecule has 94 valence electrons. The van der Waals surface area contributed by atoms with Gasteiger partial charge in [-0.2, -0.15) is 0 Å². The minimum atomic E-state index is -0.881. The van der Waals surface area contributed by atoms with Gasteiger partial charge in [0.15, 0.2) is 11.5 Å². The van der Waals surface area contributed by atoms with Gasteiger partial charge in [0.25, 0.3) is 0 Å². The lowest BCUT2D eigenvalue weighted by Gasteiger charge is -2.34. The van der Waals surface area contributed by atoms with Crippen molar-refractivity contribution in [3.05, 3.63) is 21.9 Å². The second-order valence-corrected chi connectivity index (χ2v) is 5.49. The summed E-state index contributed by atoms with van der Waals surface area (Å²) in [4.78, 5) is 0. The highest BCUT2D eigenvalue weighted by Crippen LogP contribution is 2.45. The molecule has 4 N–H and O–H groups in total. The zero-order valence-electron chi connectivity index (χ0n) is 9.34. The Morgan fingerprint density at radius 2 is 1.82 bits per heavy atom. The molecule has 0 bridgehead atoms. The Kier molecular flexibility index (Phi) is 3.32. The number of phenols is 2. The molecule has 0 aromatic heterocycles. The van der Waals surface area contributed by atoms with E-state index < -0.39 is 17.1 Å². The standard InChI is InChI=1S/C12H15BrFNO2/c13-7-6-8(16)11(17)9(10(7)14)12(15)4-2-1-3-5-12/h6,16-17H,1-5,15H2.